The van der Waals surface area contributed by atoms with Gasteiger partial charge in [-0.15, -0.1) is 0 Å². The van der Waals surface area contributed by atoms with Crippen molar-refractivity contribution in [2.45, 2.75) is 64.1 Å². The molecule has 2 fully saturated rings. The van der Waals surface area contributed by atoms with Crippen LogP contribution in [0.15, 0.2) is 42.5 Å². The summed E-state index contributed by atoms with van der Waals surface area (Å²) in [6, 6.07) is 14.7. The van der Waals surface area contributed by atoms with Crippen LogP contribution in [0, 0.1) is 12.8 Å². The van der Waals surface area contributed by atoms with Crippen molar-refractivity contribution in [1.82, 2.24) is 10.2 Å². The number of aryl methyl sites for hydroxylation is 1. The van der Waals surface area contributed by atoms with Crippen molar-refractivity contribution in [2.24, 2.45) is 5.92 Å². The van der Waals surface area contributed by atoms with E-state index in [1.807, 2.05) is 12.1 Å². The Morgan fingerprint density at radius 1 is 1.10 bits per heavy atom. The van der Waals surface area contributed by atoms with E-state index in [1.54, 1.807) is 6.92 Å². The minimum Gasteiger partial charge on any atom is -0.481 e. The van der Waals surface area contributed by atoms with Crippen LogP contribution < -0.4 is 10.1 Å². The summed E-state index contributed by atoms with van der Waals surface area (Å²) >= 11 is 0. The Bertz CT molecular complexity index is 1010. The van der Waals surface area contributed by atoms with Crippen LogP contribution in [0.2, 0.25) is 0 Å². The molecule has 2 aromatic carbocycles. The maximum absolute atomic E-state index is 13.1. The highest BCUT2D eigenvalue weighted by Gasteiger charge is 2.39. The fourth-order valence-corrected chi connectivity index (χ4v) is 4.47. The third-order valence-corrected chi connectivity index (χ3v) is 6.52. The zero-order valence-electron chi connectivity index (χ0n) is 18.3. The van der Waals surface area contributed by atoms with Crippen LogP contribution in [0.4, 0.5) is 0 Å². The Morgan fingerprint density at radius 2 is 1.90 bits per heavy atom. The van der Waals surface area contributed by atoms with Gasteiger partial charge in [-0.3, -0.25) is 9.59 Å². The molecule has 5 heteroatoms. The molecule has 0 bridgehead atoms. The van der Waals surface area contributed by atoms with Gasteiger partial charge in [0.2, 0.25) is 5.91 Å². The van der Waals surface area contributed by atoms with Crippen LogP contribution in [0.1, 0.15) is 60.9 Å². The molecule has 2 unspecified atom stereocenters. The number of hydrogen-bond donors (Lipinski definition) is 1. The Balaban J connectivity index is 1.46. The van der Waals surface area contributed by atoms with Gasteiger partial charge < -0.3 is 15.0 Å². The van der Waals surface area contributed by atoms with E-state index >= 15 is 0 Å². The summed E-state index contributed by atoms with van der Waals surface area (Å²) in [7, 11) is 0. The average Bonchev–Trinajstić information content (AvgIpc) is 3.67. The number of nitrogens with one attached hydrogen (secondary N) is 1. The zero-order valence-corrected chi connectivity index (χ0v) is 18.3. The Hall–Kier alpha value is -2.82. The third kappa shape index (κ3) is 4.32. The van der Waals surface area contributed by atoms with E-state index in [2.05, 4.69) is 47.5 Å². The van der Waals surface area contributed by atoms with E-state index in [9.17, 15) is 9.59 Å². The van der Waals surface area contributed by atoms with E-state index in [0.717, 1.165) is 49.8 Å². The fourth-order valence-electron chi connectivity index (χ4n) is 4.47. The van der Waals surface area contributed by atoms with Crippen LogP contribution in [-0.2, 0) is 16.0 Å². The standard InChI is InChI=1S/C26H30N2O3/c1-16-4-3-5-20(14-16)24-23-15-22(31-17(2)25(29)27-21-9-10-21)11-8-18(23)12-13-28(24)26(30)19-6-7-19/h3-5,8,11,14-15,17,19,21,24H,6-7,9-10,12-13H2,1-2H3,(H,27,29). The Morgan fingerprint density at radius 3 is 2.61 bits per heavy atom. The summed E-state index contributed by atoms with van der Waals surface area (Å²) in [4.78, 5) is 27.5. The lowest BCUT2D eigenvalue weighted by molar-refractivity contribution is -0.134. The fraction of sp³-hybridized carbons (Fsp3) is 0.462. The lowest BCUT2D eigenvalue weighted by Crippen LogP contribution is -2.41. The summed E-state index contributed by atoms with van der Waals surface area (Å²) in [5, 5.41) is 3.00. The molecule has 0 aromatic heterocycles. The average molecular weight is 419 g/mol. The topological polar surface area (TPSA) is 58.6 Å². The van der Waals surface area contributed by atoms with E-state index in [4.69, 9.17) is 4.74 Å². The molecule has 2 aromatic rings. The first-order valence-corrected chi connectivity index (χ1v) is 11.5. The molecule has 1 aliphatic heterocycles. The molecular weight excluding hydrogens is 388 g/mol. The molecule has 162 valence electrons. The molecule has 1 heterocycles. The molecule has 2 atom stereocenters. The highest BCUT2D eigenvalue weighted by Crippen LogP contribution is 2.41. The Labute approximate surface area is 183 Å². The Kier molecular flexibility index (Phi) is 5.20. The molecule has 31 heavy (non-hydrogen) atoms. The smallest absolute Gasteiger partial charge is 0.260 e. The molecule has 5 rings (SSSR count). The first kappa shape index (κ1) is 20.1. The second-order valence-electron chi connectivity index (χ2n) is 9.28. The highest BCUT2D eigenvalue weighted by atomic mass is 16.5. The van der Waals surface area contributed by atoms with E-state index < -0.39 is 6.10 Å². The number of carbonyl (C=O) groups is 2. The quantitative estimate of drug-likeness (QED) is 0.773. The van der Waals surface area contributed by atoms with Gasteiger partial charge >= 0.3 is 0 Å². The molecule has 1 N–H and O–H groups in total. The summed E-state index contributed by atoms with van der Waals surface area (Å²) in [6.45, 7) is 4.61. The van der Waals surface area contributed by atoms with Crippen molar-refractivity contribution in [3.63, 3.8) is 0 Å². The van der Waals surface area contributed by atoms with Gasteiger partial charge in [0.05, 0.1) is 6.04 Å². The summed E-state index contributed by atoms with van der Waals surface area (Å²) < 4.78 is 6.02. The molecule has 3 aliphatic rings. The number of ether oxygens (including phenoxy) is 1. The number of amides is 2. The van der Waals surface area contributed by atoms with Gasteiger partial charge in [0, 0.05) is 18.5 Å². The molecule has 2 saturated carbocycles. The van der Waals surface area contributed by atoms with Crippen LogP contribution in [0.3, 0.4) is 0 Å². The van der Waals surface area contributed by atoms with Crippen LogP contribution in [0.25, 0.3) is 0 Å². The molecule has 5 nitrogen and oxygen atoms in total. The van der Waals surface area contributed by atoms with Crippen molar-refractivity contribution in [2.75, 3.05) is 6.54 Å². The van der Waals surface area contributed by atoms with E-state index in [-0.39, 0.29) is 23.8 Å². The predicted molar refractivity (Wildman–Crippen MR) is 119 cm³/mol. The molecule has 2 aliphatic carbocycles. The van der Waals surface area contributed by atoms with E-state index in [1.165, 1.54) is 11.1 Å². The number of benzene rings is 2. The van der Waals surface area contributed by atoms with Gasteiger partial charge in [0.25, 0.3) is 5.91 Å². The van der Waals surface area contributed by atoms with Gasteiger partial charge in [0.1, 0.15) is 5.75 Å². The van der Waals surface area contributed by atoms with Crippen LogP contribution >= 0.6 is 0 Å². The van der Waals surface area contributed by atoms with Gasteiger partial charge in [-0.25, -0.2) is 0 Å². The minimum atomic E-state index is -0.552. The number of hydrogen-bond acceptors (Lipinski definition) is 3. The molecule has 0 spiro atoms. The van der Waals surface area contributed by atoms with Gasteiger partial charge in [0.15, 0.2) is 6.10 Å². The maximum atomic E-state index is 13.1. The lowest BCUT2D eigenvalue weighted by Gasteiger charge is -2.38. The summed E-state index contributed by atoms with van der Waals surface area (Å²) in [5.41, 5.74) is 4.67. The molecule has 0 saturated heterocycles. The van der Waals surface area contributed by atoms with Crippen molar-refractivity contribution < 1.29 is 14.3 Å². The number of carbonyl (C=O) groups excluding carboxylic acids is 2. The second-order valence-corrected chi connectivity index (χ2v) is 9.28. The second kappa shape index (κ2) is 8.03. The van der Waals surface area contributed by atoms with Gasteiger partial charge in [-0.1, -0.05) is 35.9 Å². The third-order valence-electron chi connectivity index (χ3n) is 6.52. The molecule has 2 amide bonds. The number of rotatable bonds is 6. The van der Waals surface area contributed by atoms with Crippen molar-refractivity contribution in [1.29, 1.82) is 0 Å². The van der Waals surface area contributed by atoms with Crippen LogP contribution in [-0.4, -0.2) is 35.4 Å². The van der Waals surface area contributed by atoms with Crippen molar-refractivity contribution in [3.8, 4) is 5.75 Å². The molecule has 0 radical (unpaired) electrons. The van der Waals surface area contributed by atoms with Gasteiger partial charge in [-0.2, -0.15) is 0 Å². The predicted octanol–water partition coefficient (Wildman–Crippen LogP) is 3.93. The summed E-state index contributed by atoms with van der Waals surface area (Å²) in [6.07, 6.45) is 4.40. The summed E-state index contributed by atoms with van der Waals surface area (Å²) in [5.74, 6) is 1.05. The highest BCUT2D eigenvalue weighted by molar-refractivity contribution is 5.82. The normalized spacial score (nSPS) is 21.2. The maximum Gasteiger partial charge on any atom is 0.260 e. The zero-order chi connectivity index (χ0) is 21.5. The molecular formula is C26H30N2O3. The van der Waals surface area contributed by atoms with Crippen molar-refractivity contribution >= 4 is 11.8 Å². The lowest BCUT2D eigenvalue weighted by atomic mass is 9.87. The van der Waals surface area contributed by atoms with Crippen molar-refractivity contribution in [3.05, 3.63) is 64.7 Å². The number of fused-ring (bicyclic) bond motifs is 1. The first-order valence-electron chi connectivity index (χ1n) is 11.5. The van der Waals surface area contributed by atoms with Crippen LogP contribution in [0.5, 0.6) is 5.75 Å². The number of nitrogens with zero attached hydrogens (tertiary/aromatic N) is 1. The van der Waals surface area contributed by atoms with E-state index in [0.29, 0.717) is 11.8 Å². The first-order chi connectivity index (χ1) is 15.0. The monoisotopic (exact) mass is 418 g/mol. The largest absolute Gasteiger partial charge is 0.481 e. The van der Waals surface area contributed by atoms with Gasteiger partial charge in [-0.05, 0) is 74.8 Å². The minimum absolute atomic E-state index is 0.0685. The SMILES string of the molecule is Cc1cccc(C2c3cc(OC(C)C(=O)NC4CC4)ccc3CCN2C(=O)C2CC2)c1.